The molecule has 0 unspecified atom stereocenters. The first-order valence-electron chi connectivity index (χ1n) is 4.19. The Morgan fingerprint density at radius 3 is 2.50 bits per heavy atom. The van der Waals surface area contributed by atoms with Crippen molar-refractivity contribution < 1.29 is 0 Å². The molecule has 0 aliphatic rings. The average Bonchev–Trinajstić information content (AvgIpc) is 2.60. The van der Waals surface area contributed by atoms with E-state index in [-0.39, 0.29) is 0 Å². The van der Waals surface area contributed by atoms with Gasteiger partial charge in [-0.15, -0.1) is 22.7 Å². The van der Waals surface area contributed by atoms with Crippen molar-refractivity contribution in [3.05, 3.63) is 26.2 Å². The van der Waals surface area contributed by atoms with Crippen LogP contribution in [0.25, 0.3) is 11.1 Å². The van der Waals surface area contributed by atoms with Crippen molar-refractivity contribution in [1.29, 1.82) is 0 Å². The van der Waals surface area contributed by atoms with Gasteiger partial charge in [-0.05, 0) is 31.0 Å². The van der Waals surface area contributed by atoms with Gasteiger partial charge in [-0.2, -0.15) is 0 Å². The van der Waals surface area contributed by atoms with Gasteiger partial charge in [-0.25, -0.2) is 0 Å². The Balaban J connectivity index is 2.61. The topological polar surface area (TPSA) is 26.0 Å². The Morgan fingerprint density at radius 2 is 2.07 bits per heavy atom. The lowest BCUT2D eigenvalue weighted by Crippen LogP contribution is -1.83. The molecule has 0 aromatic carbocycles. The number of nitrogen functional groups attached to an aromatic ring is 1. The first kappa shape index (κ1) is 10.0. The standard InChI is InChI=1S/C10H10ClNS2/c1-5-6(2)14-10(12)9(5)7-3-8(11)13-4-7/h3-4H,12H2,1-2H3. The van der Waals surface area contributed by atoms with E-state index in [4.69, 9.17) is 17.3 Å². The summed E-state index contributed by atoms with van der Waals surface area (Å²) in [7, 11) is 0. The monoisotopic (exact) mass is 243 g/mol. The highest BCUT2D eigenvalue weighted by Crippen LogP contribution is 2.40. The first-order valence-corrected chi connectivity index (χ1v) is 6.27. The van der Waals surface area contributed by atoms with E-state index >= 15 is 0 Å². The molecule has 2 heterocycles. The molecule has 0 amide bonds. The molecule has 0 radical (unpaired) electrons. The molecule has 0 spiro atoms. The minimum Gasteiger partial charge on any atom is -0.390 e. The molecule has 74 valence electrons. The second-order valence-corrected chi connectivity index (χ2v) is 5.96. The molecule has 2 aromatic rings. The maximum Gasteiger partial charge on any atom is 0.0941 e. The van der Waals surface area contributed by atoms with Gasteiger partial charge in [0.15, 0.2) is 0 Å². The summed E-state index contributed by atoms with van der Waals surface area (Å²) in [5.41, 5.74) is 9.52. The van der Waals surface area contributed by atoms with Crippen LogP contribution in [0.5, 0.6) is 0 Å². The smallest absolute Gasteiger partial charge is 0.0941 e. The summed E-state index contributed by atoms with van der Waals surface area (Å²) in [5, 5.41) is 2.93. The summed E-state index contributed by atoms with van der Waals surface area (Å²) >= 11 is 9.08. The van der Waals surface area contributed by atoms with Crippen molar-refractivity contribution in [1.82, 2.24) is 0 Å². The van der Waals surface area contributed by atoms with Gasteiger partial charge in [0.1, 0.15) is 0 Å². The molecule has 4 heteroatoms. The van der Waals surface area contributed by atoms with E-state index in [1.54, 1.807) is 22.7 Å². The van der Waals surface area contributed by atoms with Crippen molar-refractivity contribution in [2.75, 3.05) is 5.73 Å². The Labute approximate surface area is 96.1 Å². The van der Waals surface area contributed by atoms with E-state index in [1.165, 1.54) is 10.4 Å². The third-order valence-corrected chi connectivity index (χ3v) is 4.40. The van der Waals surface area contributed by atoms with Crippen LogP contribution < -0.4 is 5.73 Å². The highest BCUT2D eigenvalue weighted by atomic mass is 35.5. The van der Waals surface area contributed by atoms with E-state index in [0.717, 1.165) is 20.5 Å². The Morgan fingerprint density at radius 1 is 1.36 bits per heavy atom. The maximum absolute atomic E-state index is 5.96. The molecule has 14 heavy (non-hydrogen) atoms. The lowest BCUT2D eigenvalue weighted by Gasteiger charge is -1.98. The quantitative estimate of drug-likeness (QED) is 0.793. The average molecular weight is 244 g/mol. The van der Waals surface area contributed by atoms with Crippen LogP contribution in [-0.2, 0) is 0 Å². The predicted molar refractivity (Wildman–Crippen MR) is 66.5 cm³/mol. The summed E-state index contributed by atoms with van der Waals surface area (Å²) in [6, 6.07) is 1.97. The van der Waals surface area contributed by atoms with E-state index in [9.17, 15) is 0 Å². The van der Waals surface area contributed by atoms with Gasteiger partial charge in [-0.1, -0.05) is 11.6 Å². The molecule has 0 aliphatic carbocycles. The molecular weight excluding hydrogens is 234 g/mol. The second kappa shape index (κ2) is 3.57. The summed E-state index contributed by atoms with van der Waals surface area (Å²) < 4.78 is 0.808. The zero-order valence-corrected chi connectivity index (χ0v) is 10.3. The number of rotatable bonds is 1. The minimum absolute atomic E-state index is 0.808. The molecule has 0 atom stereocenters. The van der Waals surface area contributed by atoms with E-state index in [0.29, 0.717) is 0 Å². The molecule has 0 saturated carbocycles. The fourth-order valence-corrected chi connectivity index (χ4v) is 3.28. The minimum atomic E-state index is 0.808. The van der Waals surface area contributed by atoms with Gasteiger partial charge >= 0.3 is 0 Å². The van der Waals surface area contributed by atoms with Gasteiger partial charge in [0, 0.05) is 15.8 Å². The lowest BCUT2D eigenvalue weighted by molar-refractivity contribution is 1.44. The molecule has 1 nitrogen and oxygen atoms in total. The van der Waals surface area contributed by atoms with E-state index in [2.05, 4.69) is 13.8 Å². The summed E-state index contributed by atoms with van der Waals surface area (Å²) in [6.45, 7) is 4.19. The van der Waals surface area contributed by atoms with Crippen LogP contribution in [0.2, 0.25) is 4.34 Å². The molecule has 0 aliphatic heterocycles. The van der Waals surface area contributed by atoms with Crippen molar-refractivity contribution in [2.24, 2.45) is 0 Å². The summed E-state index contributed by atoms with van der Waals surface area (Å²) in [5.74, 6) is 0. The number of anilines is 1. The fourth-order valence-electron chi connectivity index (χ4n) is 1.45. The SMILES string of the molecule is Cc1sc(N)c(-c2csc(Cl)c2)c1C. The van der Waals surface area contributed by atoms with Crippen LogP contribution in [-0.4, -0.2) is 0 Å². The Kier molecular flexibility index (Phi) is 2.56. The number of hydrogen-bond acceptors (Lipinski definition) is 3. The maximum atomic E-state index is 5.96. The lowest BCUT2D eigenvalue weighted by atomic mass is 10.1. The van der Waals surface area contributed by atoms with Crippen LogP contribution in [0, 0.1) is 13.8 Å². The van der Waals surface area contributed by atoms with Gasteiger partial charge in [0.05, 0.1) is 9.34 Å². The molecule has 2 rings (SSSR count). The third kappa shape index (κ3) is 1.56. The van der Waals surface area contributed by atoms with E-state index in [1.807, 2.05) is 11.4 Å². The normalized spacial score (nSPS) is 10.8. The largest absolute Gasteiger partial charge is 0.390 e. The molecule has 0 fully saturated rings. The van der Waals surface area contributed by atoms with Crippen molar-refractivity contribution in [3.63, 3.8) is 0 Å². The van der Waals surface area contributed by atoms with Crippen LogP contribution in [0.4, 0.5) is 5.00 Å². The number of halogens is 1. The summed E-state index contributed by atoms with van der Waals surface area (Å²) in [6.07, 6.45) is 0. The fraction of sp³-hybridized carbons (Fsp3) is 0.200. The predicted octanol–water partition coefficient (Wildman–Crippen LogP) is 4.33. The van der Waals surface area contributed by atoms with Gasteiger partial charge in [-0.3, -0.25) is 0 Å². The zero-order valence-electron chi connectivity index (χ0n) is 7.93. The van der Waals surface area contributed by atoms with Crippen LogP contribution in [0.1, 0.15) is 10.4 Å². The summed E-state index contributed by atoms with van der Waals surface area (Å²) in [4.78, 5) is 1.28. The highest BCUT2D eigenvalue weighted by molar-refractivity contribution is 7.17. The van der Waals surface area contributed by atoms with Gasteiger partial charge < -0.3 is 5.73 Å². The van der Waals surface area contributed by atoms with Crippen molar-refractivity contribution >= 4 is 39.3 Å². The first-order chi connectivity index (χ1) is 6.59. The number of nitrogens with two attached hydrogens (primary N) is 1. The van der Waals surface area contributed by atoms with Gasteiger partial charge in [0.2, 0.25) is 0 Å². The van der Waals surface area contributed by atoms with Crippen molar-refractivity contribution in [2.45, 2.75) is 13.8 Å². The van der Waals surface area contributed by atoms with Crippen molar-refractivity contribution in [3.8, 4) is 11.1 Å². The number of thiophene rings is 2. The second-order valence-electron chi connectivity index (χ2n) is 3.16. The molecule has 0 bridgehead atoms. The molecule has 2 N–H and O–H groups in total. The van der Waals surface area contributed by atoms with E-state index < -0.39 is 0 Å². The van der Waals surface area contributed by atoms with Gasteiger partial charge in [0.25, 0.3) is 0 Å². The number of hydrogen-bond donors (Lipinski definition) is 1. The molecule has 0 saturated heterocycles. The number of aryl methyl sites for hydroxylation is 1. The Hall–Kier alpha value is -0.510. The highest BCUT2D eigenvalue weighted by Gasteiger charge is 2.13. The van der Waals surface area contributed by atoms with Crippen LogP contribution in [0.15, 0.2) is 11.4 Å². The zero-order chi connectivity index (χ0) is 10.3. The third-order valence-electron chi connectivity index (χ3n) is 2.27. The molecule has 2 aromatic heterocycles. The van der Waals surface area contributed by atoms with Crippen LogP contribution >= 0.6 is 34.3 Å². The Bertz CT molecular complexity index is 470. The molecular formula is C10H10ClNS2. The van der Waals surface area contributed by atoms with Crippen LogP contribution in [0.3, 0.4) is 0 Å².